The summed E-state index contributed by atoms with van der Waals surface area (Å²) in [6, 6.07) is 8.89. The van der Waals surface area contributed by atoms with Crippen LogP contribution in [-0.2, 0) is 0 Å². The molecule has 0 aliphatic heterocycles. The first-order valence-electron chi connectivity index (χ1n) is 7.28. The minimum atomic E-state index is 0.473. The van der Waals surface area contributed by atoms with Gasteiger partial charge in [-0.3, -0.25) is 0 Å². The van der Waals surface area contributed by atoms with Crippen LogP contribution in [0.15, 0.2) is 18.2 Å². The maximum absolute atomic E-state index is 9.28. The van der Waals surface area contributed by atoms with E-state index in [1.54, 1.807) is 0 Å². The summed E-state index contributed by atoms with van der Waals surface area (Å²) in [6.45, 7) is 6.73. The third kappa shape index (κ3) is 3.50. The Bertz CT molecular complexity index is 483. The Morgan fingerprint density at radius 1 is 1.26 bits per heavy atom. The SMILES string of the molecule is Cc1cccc(NC2CCCC(C)(C)CC2)c1C#N. The van der Waals surface area contributed by atoms with Gasteiger partial charge >= 0.3 is 0 Å². The van der Waals surface area contributed by atoms with E-state index in [0.29, 0.717) is 11.5 Å². The molecule has 1 aromatic carbocycles. The van der Waals surface area contributed by atoms with Crippen LogP contribution in [-0.4, -0.2) is 6.04 Å². The highest BCUT2D eigenvalue weighted by Gasteiger charge is 2.24. The van der Waals surface area contributed by atoms with Crippen molar-refractivity contribution in [3.8, 4) is 6.07 Å². The molecular formula is C17H24N2. The summed E-state index contributed by atoms with van der Waals surface area (Å²) in [5.41, 5.74) is 3.33. The van der Waals surface area contributed by atoms with Crippen LogP contribution in [0.3, 0.4) is 0 Å². The third-order valence-electron chi connectivity index (χ3n) is 4.32. The van der Waals surface area contributed by atoms with Crippen LogP contribution in [0.1, 0.15) is 57.1 Å². The van der Waals surface area contributed by atoms with Crippen LogP contribution in [0, 0.1) is 23.7 Å². The Morgan fingerprint density at radius 2 is 2.05 bits per heavy atom. The van der Waals surface area contributed by atoms with E-state index >= 15 is 0 Å². The molecule has 0 heterocycles. The summed E-state index contributed by atoms with van der Waals surface area (Å²) in [5, 5.41) is 12.9. The van der Waals surface area contributed by atoms with Gasteiger partial charge in [-0.2, -0.15) is 5.26 Å². The van der Waals surface area contributed by atoms with Crippen molar-refractivity contribution in [2.24, 2.45) is 5.41 Å². The van der Waals surface area contributed by atoms with E-state index in [1.807, 2.05) is 25.1 Å². The van der Waals surface area contributed by atoms with E-state index in [1.165, 1.54) is 32.1 Å². The van der Waals surface area contributed by atoms with E-state index in [4.69, 9.17) is 0 Å². The summed E-state index contributed by atoms with van der Waals surface area (Å²) in [4.78, 5) is 0. The van der Waals surface area contributed by atoms with E-state index in [-0.39, 0.29) is 0 Å². The summed E-state index contributed by atoms with van der Waals surface area (Å²) < 4.78 is 0. The van der Waals surface area contributed by atoms with E-state index in [9.17, 15) is 5.26 Å². The lowest BCUT2D eigenvalue weighted by molar-refractivity contribution is 0.313. The van der Waals surface area contributed by atoms with E-state index in [0.717, 1.165) is 16.8 Å². The molecule has 1 aliphatic rings. The molecule has 2 rings (SSSR count). The molecular weight excluding hydrogens is 232 g/mol. The predicted molar refractivity (Wildman–Crippen MR) is 80.2 cm³/mol. The van der Waals surface area contributed by atoms with Gasteiger partial charge in [0.25, 0.3) is 0 Å². The van der Waals surface area contributed by atoms with Gasteiger partial charge in [0.2, 0.25) is 0 Å². The normalized spacial score (nSPS) is 22.3. The van der Waals surface area contributed by atoms with Crippen molar-refractivity contribution in [3.63, 3.8) is 0 Å². The monoisotopic (exact) mass is 256 g/mol. The Labute approximate surface area is 116 Å². The second-order valence-electron chi connectivity index (χ2n) is 6.55. The number of nitrogens with one attached hydrogen (secondary N) is 1. The lowest BCUT2D eigenvalue weighted by Gasteiger charge is -2.22. The molecule has 2 nitrogen and oxygen atoms in total. The van der Waals surface area contributed by atoms with Crippen LogP contribution in [0.5, 0.6) is 0 Å². The topological polar surface area (TPSA) is 35.8 Å². The maximum atomic E-state index is 9.28. The average molecular weight is 256 g/mol. The standard InChI is InChI=1S/C17H24N2/c1-13-6-4-8-16(15(13)12-18)19-14-7-5-10-17(2,3)11-9-14/h4,6,8,14,19H,5,7,9-11H2,1-3H3. The van der Waals surface area contributed by atoms with Gasteiger partial charge in [0.15, 0.2) is 0 Å². The van der Waals surface area contributed by atoms with Gasteiger partial charge in [-0.15, -0.1) is 0 Å². The van der Waals surface area contributed by atoms with E-state index < -0.39 is 0 Å². The molecule has 1 unspecified atom stereocenters. The number of aryl methyl sites for hydroxylation is 1. The molecule has 1 aromatic rings. The van der Waals surface area contributed by atoms with Gasteiger partial charge in [-0.05, 0) is 49.7 Å². The van der Waals surface area contributed by atoms with Gasteiger partial charge in [0.1, 0.15) is 6.07 Å². The van der Waals surface area contributed by atoms with Crippen molar-refractivity contribution in [1.82, 2.24) is 0 Å². The number of benzene rings is 1. The molecule has 0 bridgehead atoms. The van der Waals surface area contributed by atoms with Crippen molar-refractivity contribution in [2.45, 2.75) is 58.9 Å². The zero-order chi connectivity index (χ0) is 13.9. The number of nitriles is 1. The Morgan fingerprint density at radius 3 is 2.79 bits per heavy atom. The Kier molecular flexibility index (Phi) is 4.14. The quantitative estimate of drug-likeness (QED) is 0.783. The fourth-order valence-electron chi connectivity index (χ4n) is 2.96. The first kappa shape index (κ1) is 13.9. The molecule has 1 saturated carbocycles. The molecule has 102 valence electrons. The summed E-state index contributed by atoms with van der Waals surface area (Å²) in [7, 11) is 0. The van der Waals surface area contributed by atoms with Crippen molar-refractivity contribution in [3.05, 3.63) is 29.3 Å². The van der Waals surface area contributed by atoms with Crippen LogP contribution < -0.4 is 5.32 Å². The lowest BCUT2D eigenvalue weighted by Crippen LogP contribution is -2.20. The Balaban J connectivity index is 2.10. The smallest absolute Gasteiger partial charge is 0.102 e. The highest BCUT2D eigenvalue weighted by atomic mass is 14.9. The maximum Gasteiger partial charge on any atom is 0.102 e. The molecule has 1 N–H and O–H groups in total. The largest absolute Gasteiger partial charge is 0.381 e. The third-order valence-corrected chi connectivity index (χ3v) is 4.32. The predicted octanol–water partition coefficient (Wildman–Crippen LogP) is 4.64. The zero-order valence-corrected chi connectivity index (χ0v) is 12.3. The van der Waals surface area contributed by atoms with Crippen LogP contribution in [0.25, 0.3) is 0 Å². The van der Waals surface area contributed by atoms with Gasteiger partial charge < -0.3 is 5.32 Å². The fourth-order valence-corrected chi connectivity index (χ4v) is 2.96. The molecule has 0 aromatic heterocycles. The molecule has 2 heteroatoms. The second-order valence-corrected chi connectivity index (χ2v) is 6.55. The number of rotatable bonds is 2. The summed E-state index contributed by atoms with van der Waals surface area (Å²) >= 11 is 0. The molecule has 1 aliphatic carbocycles. The molecule has 0 radical (unpaired) electrons. The molecule has 1 fully saturated rings. The Hall–Kier alpha value is -1.49. The lowest BCUT2D eigenvalue weighted by atomic mass is 9.85. The van der Waals surface area contributed by atoms with Gasteiger partial charge in [-0.25, -0.2) is 0 Å². The van der Waals surface area contributed by atoms with Gasteiger partial charge in [-0.1, -0.05) is 32.4 Å². The molecule has 19 heavy (non-hydrogen) atoms. The van der Waals surface area contributed by atoms with Crippen molar-refractivity contribution < 1.29 is 0 Å². The average Bonchev–Trinajstić information content (AvgIpc) is 2.51. The van der Waals surface area contributed by atoms with Gasteiger partial charge in [0, 0.05) is 6.04 Å². The highest BCUT2D eigenvalue weighted by molar-refractivity contribution is 5.61. The van der Waals surface area contributed by atoms with Crippen LogP contribution >= 0.6 is 0 Å². The molecule has 0 spiro atoms. The minimum Gasteiger partial charge on any atom is -0.381 e. The molecule has 0 saturated heterocycles. The summed E-state index contributed by atoms with van der Waals surface area (Å²) in [6.07, 6.45) is 6.26. The summed E-state index contributed by atoms with van der Waals surface area (Å²) in [5.74, 6) is 0. The number of hydrogen-bond donors (Lipinski definition) is 1. The van der Waals surface area contributed by atoms with Crippen molar-refractivity contribution >= 4 is 5.69 Å². The zero-order valence-electron chi connectivity index (χ0n) is 12.3. The molecule has 1 atom stereocenters. The number of nitrogens with zero attached hydrogens (tertiary/aromatic N) is 1. The van der Waals surface area contributed by atoms with Crippen LogP contribution in [0.2, 0.25) is 0 Å². The molecule has 0 amide bonds. The number of hydrogen-bond acceptors (Lipinski definition) is 2. The fraction of sp³-hybridized carbons (Fsp3) is 0.588. The second kappa shape index (κ2) is 5.65. The van der Waals surface area contributed by atoms with Crippen molar-refractivity contribution in [1.29, 1.82) is 5.26 Å². The highest BCUT2D eigenvalue weighted by Crippen LogP contribution is 2.35. The first-order chi connectivity index (χ1) is 9.02. The minimum absolute atomic E-state index is 0.473. The van der Waals surface area contributed by atoms with E-state index in [2.05, 4.69) is 25.2 Å². The van der Waals surface area contributed by atoms with Crippen molar-refractivity contribution in [2.75, 3.05) is 5.32 Å². The first-order valence-corrected chi connectivity index (χ1v) is 7.28. The van der Waals surface area contributed by atoms with Crippen LogP contribution in [0.4, 0.5) is 5.69 Å². The number of anilines is 1. The van der Waals surface area contributed by atoms with Gasteiger partial charge in [0.05, 0.1) is 11.3 Å².